The van der Waals surface area contributed by atoms with E-state index in [4.69, 9.17) is 0 Å². The summed E-state index contributed by atoms with van der Waals surface area (Å²) in [5, 5.41) is 12.8. The molecule has 0 saturated heterocycles. The molecule has 0 aromatic heterocycles. The van der Waals surface area contributed by atoms with Crippen LogP contribution in [0.25, 0.3) is 0 Å². The quantitative estimate of drug-likeness (QED) is 0.457. The van der Waals surface area contributed by atoms with E-state index in [1.165, 1.54) is 11.8 Å². The predicted molar refractivity (Wildman–Crippen MR) is 52.2 cm³/mol. The van der Waals surface area contributed by atoms with Gasteiger partial charge in [0, 0.05) is 6.54 Å². The van der Waals surface area contributed by atoms with Crippen LogP contribution in [-0.2, 0) is 9.59 Å². The van der Waals surface area contributed by atoms with Crippen molar-refractivity contribution in [1.82, 2.24) is 5.32 Å². The minimum atomic E-state index is -1.19. The summed E-state index contributed by atoms with van der Waals surface area (Å²) in [7, 11) is 0. The number of quaternary nitrogens is 1. The van der Waals surface area contributed by atoms with E-state index < -0.39 is 12.0 Å². The van der Waals surface area contributed by atoms with Gasteiger partial charge in [-0.3, -0.25) is 4.79 Å². The fourth-order valence-corrected chi connectivity index (χ4v) is 1.42. The fourth-order valence-electron chi connectivity index (χ4n) is 0.599. The molecule has 1 atom stereocenters. The van der Waals surface area contributed by atoms with Gasteiger partial charge >= 0.3 is 0 Å². The number of rotatable bonds is 7. The molecule has 0 heterocycles. The number of thioether (sulfide) groups is 1. The first-order chi connectivity index (χ1) is 6.57. The van der Waals surface area contributed by atoms with Gasteiger partial charge in [0.2, 0.25) is 5.91 Å². The summed E-state index contributed by atoms with van der Waals surface area (Å²) in [6.07, 6.45) is 1.58. The molecule has 0 bridgehead atoms. The van der Waals surface area contributed by atoms with Gasteiger partial charge in [0.1, 0.15) is 6.04 Å². The number of carbonyl (C=O) groups is 2. The van der Waals surface area contributed by atoms with Gasteiger partial charge in [-0.2, -0.15) is 0 Å². The first kappa shape index (κ1) is 13.0. The first-order valence-electron chi connectivity index (χ1n) is 4.07. The van der Waals surface area contributed by atoms with Crippen molar-refractivity contribution in [3.05, 3.63) is 12.7 Å². The van der Waals surface area contributed by atoms with Gasteiger partial charge in [0.15, 0.2) is 0 Å². The lowest BCUT2D eigenvalue weighted by molar-refractivity contribution is -0.431. The molecule has 0 aliphatic heterocycles. The molecule has 0 saturated carbocycles. The maximum Gasteiger partial charge on any atom is 0.230 e. The Hall–Kier alpha value is -1.01. The first-order valence-corrected chi connectivity index (χ1v) is 5.22. The molecule has 80 valence electrons. The zero-order chi connectivity index (χ0) is 11.0. The summed E-state index contributed by atoms with van der Waals surface area (Å²) in [4.78, 5) is 21.2. The number of amides is 1. The Kier molecular flexibility index (Phi) is 6.87. The van der Waals surface area contributed by atoms with Gasteiger partial charge in [-0.1, -0.05) is 6.08 Å². The molecule has 14 heavy (non-hydrogen) atoms. The zero-order valence-electron chi connectivity index (χ0n) is 7.82. The van der Waals surface area contributed by atoms with Gasteiger partial charge in [-0.25, -0.2) is 0 Å². The van der Waals surface area contributed by atoms with Gasteiger partial charge < -0.3 is 21.0 Å². The normalized spacial score (nSPS) is 11.8. The van der Waals surface area contributed by atoms with E-state index in [0.29, 0.717) is 6.54 Å². The van der Waals surface area contributed by atoms with Crippen LogP contribution in [0.3, 0.4) is 0 Å². The molecule has 0 aromatic rings. The van der Waals surface area contributed by atoms with E-state index in [0.717, 1.165) is 0 Å². The van der Waals surface area contributed by atoms with Crippen LogP contribution < -0.4 is 16.2 Å². The average molecular weight is 218 g/mol. The third-order valence-electron chi connectivity index (χ3n) is 1.33. The number of hydrogen-bond donors (Lipinski definition) is 2. The molecule has 0 spiro atoms. The van der Waals surface area contributed by atoms with E-state index in [-0.39, 0.29) is 17.4 Å². The van der Waals surface area contributed by atoms with Gasteiger partial charge in [-0.15, -0.1) is 18.3 Å². The molecule has 5 nitrogen and oxygen atoms in total. The number of carbonyl (C=O) groups excluding carboxylic acids is 2. The van der Waals surface area contributed by atoms with Gasteiger partial charge in [0.25, 0.3) is 0 Å². The molecule has 0 unspecified atom stereocenters. The Labute approximate surface area is 86.7 Å². The maximum atomic E-state index is 11.0. The fraction of sp³-hybridized carbons (Fsp3) is 0.500. The summed E-state index contributed by atoms with van der Waals surface area (Å²) >= 11 is 1.22. The van der Waals surface area contributed by atoms with Gasteiger partial charge in [-0.05, 0) is 0 Å². The van der Waals surface area contributed by atoms with Crippen molar-refractivity contribution in [1.29, 1.82) is 0 Å². The minimum absolute atomic E-state index is 0.138. The molecule has 4 N–H and O–H groups in total. The SMILES string of the molecule is C=CCNC(=O)CSC[C@H]([NH3+])C(=O)[O-]. The molecule has 0 aromatic carbocycles. The second-order valence-electron chi connectivity index (χ2n) is 2.62. The number of nitrogens with one attached hydrogen (secondary N) is 1. The highest BCUT2D eigenvalue weighted by atomic mass is 32.2. The van der Waals surface area contributed by atoms with Crippen LogP contribution in [0.1, 0.15) is 0 Å². The standard InChI is InChI=1S/C8H14N2O3S/c1-2-3-10-7(11)5-14-4-6(9)8(12)13/h2,6H,1,3-5,9H2,(H,10,11)(H,12,13)/t6-/m0/s1. The molecule has 6 heteroatoms. The molecular formula is C8H14N2O3S. The molecule has 0 rings (SSSR count). The minimum Gasteiger partial charge on any atom is -0.544 e. The van der Waals surface area contributed by atoms with Crippen molar-refractivity contribution in [2.45, 2.75) is 6.04 Å². The van der Waals surface area contributed by atoms with Crippen molar-refractivity contribution in [2.75, 3.05) is 18.1 Å². The van der Waals surface area contributed by atoms with Crippen molar-refractivity contribution in [3.8, 4) is 0 Å². The molecular weight excluding hydrogens is 204 g/mol. The smallest absolute Gasteiger partial charge is 0.230 e. The Balaban J connectivity index is 3.48. The molecule has 0 aliphatic rings. The van der Waals surface area contributed by atoms with Gasteiger partial charge in [0.05, 0.1) is 17.5 Å². The van der Waals surface area contributed by atoms with Crippen LogP contribution in [0.4, 0.5) is 0 Å². The second kappa shape index (κ2) is 7.40. The van der Waals surface area contributed by atoms with Crippen molar-refractivity contribution >= 4 is 23.6 Å². The van der Waals surface area contributed by atoms with Crippen molar-refractivity contribution < 1.29 is 20.4 Å². The number of carboxylic acids is 1. The van der Waals surface area contributed by atoms with Crippen LogP contribution in [-0.4, -0.2) is 36.0 Å². The summed E-state index contributed by atoms with van der Waals surface area (Å²) in [6, 6.07) is -0.771. The summed E-state index contributed by atoms with van der Waals surface area (Å²) in [5.74, 6) is -0.818. The third-order valence-corrected chi connectivity index (χ3v) is 2.43. The summed E-state index contributed by atoms with van der Waals surface area (Å²) in [5.41, 5.74) is 3.37. The lowest BCUT2D eigenvalue weighted by Crippen LogP contribution is -2.69. The Morgan fingerprint density at radius 3 is 2.79 bits per heavy atom. The lowest BCUT2D eigenvalue weighted by Gasteiger charge is -2.08. The Morgan fingerprint density at radius 2 is 2.29 bits per heavy atom. The van der Waals surface area contributed by atoms with E-state index in [2.05, 4.69) is 17.6 Å². The number of aliphatic carboxylic acids is 1. The van der Waals surface area contributed by atoms with Crippen LogP contribution in [0.2, 0.25) is 0 Å². The van der Waals surface area contributed by atoms with E-state index in [1.807, 2.05) is 0 Å². The largest absolute Gasteiger partial charge is 0.544 e. The van der Waals surface area contributed by atoms with Crippen molar-refractivity contribution in [3.63, 3.8) is 0 Å². The van der Waals surface area contributed by atoms with Crippen molar-refractivity contribution in [2.24, 2.45) is 0 Å². The molecule has 1 amide bonds. The molecule has 0 fully saturated rings. The summed E-state index contributed by atoms with van der Waals surface area (Å²) < 4.78 is 0. The van der Waals surface area contributed by atoms with Crippen LogP contribution in [0.5, 0.6) is 0 Å². The lowest BCUT2D eigenvalue weighted by atomic mass is 10.4. The Bertz CT molecular complexity index is 221. The Morgan fingerprint density at radius 1 is 1.64 bits per heavy atom. The van der Waals surface area contributed by atoms with E-state index in [1.54, 1.807) is 6.08 Å². The van der Waals surface area contributed by atoms with Crippen LogP contribution in [0, 0.1) is 0 Å². The maximum absolute atomic E-state index is 11.0. The van der Waals surface area contributed by atoms with Crippen LogP contribution in [0.15, 0.2) is 12.7 Å². The second-order valence-corrected chi connectivity index (χ2v) is 3.65. The zero-order valence-corrected chi connectivity index (χ0v) is 8.64. The molecule has 0 radical (unpaired) electrons. The van der Waals surface area contributed by atoms with E-state index in [9.17, 15) is 14.7 Å². The highest BCUT2D eigenvalue weighted by Gasteiger charge is 2.08. The average Bonchev–Trinajstić information content (AvgIpc) is 2.14. The van der Waals surface area contributed by atoms with Crippen LogP contribution >= 0.6 is 11.8 Å². The molecule has 0 aliphatic carbocycles. The third kappa shape index (κ3) is 6.50. The number of carboxylic acid groups (broad SMARTS) is 1. The van der Waals surface area contributed by atoms with E-state index >= 15 is 0 Å². The number of hydrogen-bond acceptors (Lipinski definition) is 4. The summed E-state index contributed by atoms with van der Waals surface area (Å²) in [6.45, 7) is 3.87. The monoisotopic (exact) mass is 218 g/mol. The predicted octanol–water partition coefficient (Wildman–Crippen LogP) is -2.62. The highest BCUT2D eigenvalue weighted by molar-refractivity contribution is 8.00. The topological polar surface area (TPSA) is 96.9 Å². The highest BCUT2D eigenvalue weighted by Crippen LogP contribution is 1.99.